The Bertz CT molecular complexity index is 1190. The molecule has 1 unspecified atom stereocenters. The molecule has 194 valence electrons. The summed E-state index contributed by atoms with van der Waals surface area (Å²) < 4.78 is 16.2. The lowest BCUT2D eigenvalue weighted by Gasteiger charge is -2.27. The topological polar surface area (TPSA) is 65.0 Å². The normalized spacial score (nSPS) is 12.5. The first-order valence-corrected chi connectivity index (χ1v) is 13.1. The molecule has 7 heteroatoms. The summed E-state index contributed by atoms with van der Waals surface area (Å²) in [5.41, 5.74) is 0.928. The fourth-order valence-corrected chi connectivity index (χ4v) is 5.13. The highest BCUT2D eigenvalue weighted by atomic mass is 35.5. The molecule has 0 saturated carbocycles. The predicted octanol–water partition coefficient (Wildman–Crippen LogP) is 7.11. The molecule has 3 aromatic carbocycles. The summed E-state index contributed by atoms with van der Waals surface area (Å²) in [5.74, 6) is 2.33. The zero-order chi connectivity index (χ0) is 26.5. The van der Waals surface area contributed by atoms with E-state index < -0.39 is 11.4 Å². The molecular weight excluding hydrogens is 508 g/mol. The Morgan fingerprint density at radius 3 is 2.57 bits per heavy atom. The van der Waals surface area contributed by atoms with E-state index in [1.54, 1.807) is 11.8 Å². The molecule has 0 aliphatic rings. The Hall–Kier alpha value is -2.95. The van der Waals surface area contributed by atoms with Crippen LogP contribution in [0, 0.1) is 17.8 Å². The zero-order valence-corrected chi connectivity index (χ0v) is 22.4. The van der Waals surface area contributed by atoms with Crippen molar-refractivity contribution in [1.82, 2.24) is 0 Å². The molecule has 0 aromatic heterocycles. The van der Waals surface area contributed by atoms with Gasteiger partial charge in [0, 0.05) is 28.3 Å². The molecule has 1 N–H and O–H groups in total. The molecule has 0 spiro atoms. The van der Waals surface area contributed by atoms with Crippen LogP contribution in [0.1, 0.15) is 30.4 Å². The van der Waals surface area contributed by atoms with Crippen LogP contribution in [0.5, 0.6) is 5.75 Å². The number of carboxylic acid groups (broad SMARTS) is 1. The lowest BCUT2D eigenvalue weighted by atomic mass is 9.80. The number of hydrogen-bond donors (Lipinski definition) is 1. The Morgan fingerprint density at radius 1 is 1.08 bits per heavy atom. The molecule has 0 saturated heterocycles. The first-order chi connectivity index (χ1) is 18.0. The first kappa shape index (κ1) is 28.6. The Labute approximate surface area is 228 Å². The Morgan fingerprint density at radius 2 is 1.86 bits per heavy atom. The molecule has 37 heavy (non-hydrogen) atoms. The van der Waals surface area contributed by atoms with E-state index in [1.807, 2.05) is 72.8 Å². The number of benzene rings is 3. The van der Waals surface area contributed by atoms with E-state index in [1.165, 1.54) is 7.11 Å². The maximum absolute atomic E-state index is 12.0. The van der Waals surface area contributed by atoms with Crippen molar-refractivity contribution in [2.45, 2.75) is 42.1 Å². The van der Waals surface area contributed by atoms with E-state index in [-0.39, 0.29) is 19.8 Å². The maximum Gasteiger partial charge on any atom is 0.312 e. The number of aliphatic carboxylic acids is 1. The van der Waals surface area contributed by atoms with Crippen molar-refractivity contribution < 1.29 is 24.1 Å². The number of halogens is 1. The monoisotopic (exact) mass is 538 g/mol. The van der Waals surface area contributed by atoms with Crippen molar-refractivity contribution >= 4 is 29.3 Å². The molecular formula is C30H31ClO5S. The van der Waals surface area contributed by atoms with Gasteiger partial charge in [-0.05, 0) is 60.7 Å². The number of methoxy groups -OCH3 is 1. The molecule has 0 amide bonds. The van der Waals surface area contributed by atoms with Crippen molar-refractivity contribution in [3.63, 3.8) is 0 Å². The van der Waals surface area contributed by atoms with Crippen LogP contribution < -0.4 is 4.74 Å². The zero-order valence-electron chi connectivity index (χ0n) is 20.8. The van der Waals surface area contributed by atoms with Crippen LogP contribution in [0.15, 0.2) is 82.6 Å². The molecule has 0 aliphatic carbocycles. The van der Waals surface area contributed by atoms with Gasteiger partial charge in [0.15, 0.2) is 0 Å². The van der Waals surface area contributed by atoms with Crippen LogP contribution >= 0.6 is 23.4 Å². The van der Waals surface area contributed by atoms with Crippen LogP contribution in [0.25, 0.3) is 0 Å². The average molecular weight is 539 g/mol. The lowest BCUT2D eigenvalue weighted by Crippen LogP contribution is -2.36. The summed E-state index contributed by atoms with van der Waals surface area (Å²) >= 11 is 8.20. The summed E-state index contributed by atoms with van der Waals surface area (Å²) in [6, 6.07) is 24.0. The maximum atomic E-state index is 12.0. The van der Waals surface area contributed by atoms with Crippen LogP contribution in [-0.4, -0.2) is 31.6 Å². The predicted molar refractivity (Wildman–Crippen MR) is 147 cm³/mol. The fourth-order valence-electron chi connectivity index (χ4n) is 3.89. The average Bonchev–Trinajstić information content (AvgIpc) is 2.89. The summed E-state index contributed by atoms with van der Waals surface area (Å²) in [4.78, 5) is 14.1. The highest BCUT2D eigenvalue weighted by molar-refractivity contribution is 7.99. The molecule has 0 bridgehead atoms. The summed E-state index contributed by atoms with van der Waals surface area (Å²) in [7, 11) is 1.49. The summed E-state index contributed by atoms with van der Waals surface area (Å²) in [6.45, 7) is 0.531. The molecule has 0 heterocycles. The minimum atomic E-state index is -1.15. The van der Waals surface area contributed by atoms with Crippen LogP contribution in [-0.2, 0) is 27.3 Å². The highest BCUT2D eigenvalue weighted by Crippen LogP contribution is 2.34. The van der Waals surface area contributed by atoms with E-state index in [9.17, 15) is 9.90 Å². The third-order valence-corrected chi connectivity index (χ3v) is 7.22. The van der Waals surface area contributed by atoms with Gasteiger partial charge in [-0.1, -0.05) is 65.8 Å². The van der Waals surface area contributed by atoms with Crippen LogP contribution in [0.2, 0.25) is 5.02 Å². The molecule has 1 atom stereocenters. The van der Waals surface area contributed by atoms with Crippen molar-refractivity contribution in [3.05, 3.63) is 88.9 Å². The molecule has 3 rings (SSSR count). The van der Waals surface area contributed by atoms with E-state index >= 15 is 0 Å². The Kier molecular flexibility index (Phi) is 11.4. The van der Waals surface area contributed by atoms with Crippen molar-refractivity contribution in [1.29, 1.82) is 0 Å². The van der Waals surface area contributed by atoms with Gasteiger partial charge in [-0.25, -0.2) is 0 Å². The largest absolute Gasteiger partial charge is 0.489 e. The second-order valence-corrected chi connectivity index (χ2v) is 10.2. The number of carboxylic acids is 1. The smallest absolute Gasteiger partial charge is 0.312 e. The molecule has 5 nitrogen and oxygen atoms in total. The van der Waals surface area contributed by atoms with Crippen LogP contribution in [0.3, 0.4) is 0 Å². The van der Waals surface area contributed by atoms with Crippen molar-refractivity contribution in [2.75, 3.05) is 20.5 Å². The standard InChI is InChI=1S/C30H31ClO5S/c1-3-16-30(29(32)33,21-35-22-34-2)17-8-11-24-14-15-27(19-28(24)31)37-26-13-7-12-25(18-26)36-20-23-9-5-4-6-10-23/h1,4-7,9-10,12-15,18-19H,8,11,16-17,20-22H2,2H3,(H,32,33). The van der Waals surface area contributed by atoms with E-state index in [4.69, 9.17) is 32.2 Å². The molecule has 0 radical (unpaired) electrons. The van der Waals surface area contributed by atoms with Gasteiger partial charge < -0.3 is 19.3 Å². The molecule has 0 fully saturated rings. The summed E-state index contributed by atoms with van der Waals surface area (Å²) in [5, 5.41) is 10.5. The van der Waals surface area contributed by atoms with Gasteiger partial charge >= 0.3 is 5.97 Å². The van der Waals surface area contributed by atoms with Crippen LogP contribution in [0.4, 0.5) is 0 Å². The molecule has 0 aliphatic heterocycles. The SMILES string of the molecule is C#CCC(CCCc1ccc(Sc2cccc(OCc3ccccc3)c2)cc1Cl)(COCOC)C(=O)O. The Balaban J connectivity index is 1.58. The number of aryl methyl sites for hydroxylation is 1. The fraction of sp³-hybridized carbons (Fsp3) is 0.300. The van der Waals surface area contributed by atoms with Gasteiger partial charge in [0.2, 0.25) is 0 Å². The summed E-state index contributed by atoms with van der Waals surface area (Å²) in [6.07, 6.45) is 7.17. The lowest BCUT2D eigenvalue weighted by molar-refractivity contribution is -0.157. The number of carbonyl (C=O) groups is 1. The van der Waals surface area contributed by atoms with Gasteiger partial charge in [0.1, 0.15) is 24.6 Å². The minimum Gasteiger partial charge on any atom is -0.489 e. The van der Waals surface area contributed by atoms with Gasteiger partial charge in [0.25, 0.3) is 0 Å². The van der Waals surface area contributed by atoms with Gasteiger partial charge in [-0.3, -0.25) is 4.79 Å². The van der Waals surface area contributed by atoms with Crippen molar-refractivity contribution in [2.24, 2.45) is 5.41 Å². The first-order valence-electron chi connectivity index (χ1n) is 11.9. The number of hydrogen-bond acceptors (Lipinski definition) is 5. The minimum absolute atomic E-state index is 0.00217. The number of ether oxygens (including phenoxy) is 3. The highest BCUT2D eigenvalue weighted by Gasteiger charge is 2.37. The van der Waals surface area contributed by atoms with Gasteiger partial charge in [-0.2, -0.15) is 0 Å². The quantitative estimate of drug-likeness (QED) is 0.126. The number of terminal acetylenes is 1. The number of rotatable bonds is 15. The third kappa shape index (κ3) is 8.84. The van der Waals surface area contributed by atoms with E-state index in [0.29, 0.717) is 30.9 Å². The van der Waals surface area contributed by atoms with Gasteiger partial charge in [0.05, 0.1) is 6.61 Å². The third-order valence-electron chi connectivity index (χ3n) is 5.89. The van der Waals surface area contributed by atoms with E-state index in [0.717, 1.165) is 26.7 Å². The second-order valence-electron chi connectivity index (χ2n) is 8.68. The molecule has 3 aromatic rings. The van der Waals surface area contributed by atoms with E-state index in [2.05, 4.69) is 5.92 Å². The van der Waals surface area contributed by atoms with Gasteiger partial charge in [-0.15, -0.1) is 12.3 Å². The van der Waals surface area contributed by atoms with Crippen molar-refractivity contribution in [3.8, 4) is 18.1 Å². The second kappa shape index (κ2) is 14.7.